The first-order valence-corrected chi connectivity index (χ1v) is 5.99. The van der Waals surface area contributed by atoms with Crippen molar-refractivity contribution in [2.24, 2.45) is 5.73 Å². The molecule has 0 unspecified atom stereocenters. The Morgan fingerprint density at radius 1 is 1.37 bits per heavy atom. The summed E-state index contributed by atoms with van der Waals surface area (Å²) in [7, 11) is 0. The van der Waals surface area contributed by atoms with E-state index in [-0.39, 0.29) is 6.54 Å². The minimum atomic E-state index is -1.33. The number of carboxylic acids is 1. The van der Waals surface area contributed by atoms with Gasteiger partial charge >= 0.3 is 11.9 Å². The van der Waals surface area contributed by atoms with Crippen LogP contribution in [0, 0.1) is 0 Å². The van der Waals surface area contributed by atoms with E-state index in [1.807, 2.05) is 0 Å². The Hall–Kier alpha value is -1.88. The van der Waals surface area contributed by atoms with Gasteiger partial charge in [-0.15, -0.1) is 0 Å². The summed E-state index contributed by atoms with van der Waals surface area (Å²) in [6.07, 6.45) is 0. The average molecular weight is 265 g/mol. The van der Waals surface area contributed by atoms with E-state index < -0.39 is 23.5 Å². The van der Waals surface area contributed by atoms with E-state index in [0.717, 1.165) is 5.56 Å². The van der Waals surface area contributed by atoms with Gasteiger partial charge in [0.15, 0.2) is 5.92 Å². The fourth-order valence-corrected chi connectivity index (χ4v) is 1.64. The second-order valence-electron chi connectivity index (χ2n) is 5.25. The predicted molar refractivity (Wildman–Crippen MR) is 70.6 cm³/mol. The first-order chi connectivity index (χ1) is 8.74. The minimum absolute atomic E-state index is 0.286. The van der Waals surface area contributed by atoms with E-state index in [2.05, 4.69) is 0 Å². The number of benzene rings is 1. The van der Waals surface area contributed by atoms with Gasteiger partial charge in [-0.25, -0.2) is 0 Å². The normalized spacial score (nSPS) is 12.8. The Labute approximate surface area is 112 Å². The molecule has 19 heavy (non-hydrogen) atoms. The third kappa shape index (κ3) is 4.37. The fourth-order valence-electron chi connectivity index (χ4n) is 1.64. The maximum absolute atomic E-state index is 12.0. The van der Waals surface area contributed by atoms with Gasteiger partial charge in [0.05, 0.1) is 0 Å². The van der Waals surface area contributed by atoms with Crippen LogP contribution in [0.1, 0.15) is 37.8 Å². The first-order valence-electron chi connectivity index (χ1n) is 5.99. The van der Waals surface area contributed by atoms with Crippen LogP contribution in [-0.2, 0) is 20.9 Å². The van der Waals surface area contributed by atoms with Crippen LogP contribution < -0.4 is 5.73 Å². The number of hydrogen-bond donors (Lipinski definition) is 2. The smallest absolute Gasteiger partial charge is 0.325 e. The molecule has 5 heteroatoms. The zero-order valence-corrected chi connectivity index (χ0v) is 11.3. The molecule has 0 heterocycles. The van der Waals surface area contributed by atoms with Gasteiger partial charge in [0.2, 0.25) is 0 Å². The Morgan fingerprint density at radius 3 is 2.47 bits per heavy atom. The lowest BCUT2D eigenvalue weighted by Crippen LogP contribution is -2.31. The summed E-state index contributed by atoms with van der Waals surface area (Å²) < 4.78 is 5.14. The Kier molecular flexibility index (Phi) is 4.67. The second kappa shape index (κ2) is 5.84. The van der Waals surface area contributed by atoms with Crippen LogP contribution in [-0.4, -0.2) is 22.6 Å². The molecule has 3 N–H and O–H groups in total. The zero-order chi connectivity index (χ0) is 14.6. The van der Waals surface area contributed by atoms with E-state index >= 15 is 0 Å². The number of nitrogens with two attached hydrogens (primary N) is 1. The molecular formula is C14H19NO4. The van der Waals surface area contributed by atoms with Crippen LogP contribution in [0.15, 0.2) is 24.3 Å². The maximum Gasteiger partial charge on any atom is 0.325 e. The number of carbonyl (C=O) groups excluding carboxylic acids is 1. The van der Waals surface area contributed by atoms with E-state index in [1.54, 1.807) is 45.0 Å². The van der Waals surface area contributed by atoms with Crippen LogP contribution in [0.3, 0.4) is 0 Å². The molecule has 1 rings (SSSR count). The van der Waals surface area contributed by atoms with E-state index in [9.17, 15) is 14.7 Å². The molecule has 5 nitrogen and oxygen atoms in total. The third-order valence-electron chi connectivity index (χ3n) is 2.41. The molecule has 0 aliphatic carbocycles. The molecule has 104 valence electrons. The van der Waals surface area contributed by atoms with Crippen molar-refractivity contribution < 1.29 is 19.4 Å². The summed E-state index contributed by atoms with van der Waals surface area (Å²) in [6.45, 7) is 5.37. The molecule has 0 aromatic heterocycles. The van der Waals surface area contributed by atoms with Gasteiger partial charge in [0, 0.05) is 6.54 Å². The monoisotopic (exact) mass is 265 g/mol. The highest BCUT2D eigenvalue weighted by atomic mass is 16.6. The highest BCUT2D eigenvalue weighted by molar-refractivity contribution is 6.00. The molecule has 0 saturated carbocycles. The Balaban J connectivity index is 3.07. The molecule has 1 atom stereocenters. The molecule has 1 aromatic rings. The number of carbonyl (C=O) groups is 2. The van der Waals surface area contributed by atoms with E-state index in [0.29, 0.717) is 5.56 Å². The number of hydrogen-bond acceptors (Lipinski definition) is 4. The number of carboxylic acid groups (broad SMARTS) is 1. The summed E-state index contributed by atoms with van der Waals surface area (Å²) in [5.74, 6) is -3.33. The maximum atomic E-state index is 12.0. The SMILES string of the molecule is CC(C)(C)OC(=O)[C@@H](C(=O)O)c1cccc(CN)c1. The van der Waals surface area contributed by atoms with Gasteiger partial charge < -0.3 is 15.6 Å². The zero-order valence-electron chi connectivity index (χ0n) is 11.3. The molecule has 1 aromatic carbocycles. The molecule has 0 saturated heterocycles. The number of ether oxygens (including phenoxy) is 1. The van der Waals surface area contributed by atoms with Crippen molar-refractivity contribution in [2.75, 3.05) is 0 Å². The van der Waals surface area contributed by atoms with Crippen LogP contribution in [0.2, 0.25) is 0 Å². The molecule has 0 aliphatic rings. The molecule has 0 bridgehead atoms. The van der Waals surface area contributed by atoms with Gasteiger partial charge in [-0.05, 0) is 31.9 Å². The van der Waals surface area contributed by atoms with Crippen molar-refractivity contribution in [3.8, 4) is 0 Å². The lowest BCUT2D eigenvalue weighted by atomic mass is 9.97. The predicted octanol–water partition coefficient (Wildman–Crippen LogP) is 1.66. The van der Waals surface area contributed by atoms with Crippen molar-refractivity contribution in [1.29, 1.82) is 0 Å². The van der Waals surface area contributed by atoms with Crippen LogP contribution in [0.4, 0.5) is 0 Å². The summed E-state index contributed by atoms with van der Waals surface area (Å²) in [6, 6.07) is 6.65. The summed E-state index contributed by atoms with van der Waals surface area (Å²) in [4.78, 5) is 23.3. The highest BCUT2D eigenvalue weighted by Gasteiger charge is 2.32. The lowest BCUT2D eigenvalue weighted by molar-refractivity contribution is -0.162. The van der Waals surface area contributed by atoms with Crippen LogP contribution in [0.5, 0.6) is 0 Å². The molecular weight excluding hydrogens is 246 g/mol. The summed E-state index contributed by atoms with van der Waals surface area (Å²) in [5.41, 5.74) is 5.93. The van der Waals surface area contributed by atoms with Gasteiger partial charge in [-0.3, -0.25) is 9.59 Å². The summed E-state index contributed by atoms with van der Waals surface area (Å²) in [5, 5.41) is 9.23. The molecule has 0 amide bonds. The van der Waals surface area contributed by atoms with Crippen molar-refractivity contribution in [1.82, 2.24) is 0 Å². The third-order valence-corrected chi connectivity index (χ3v) is 2.41. The van der Waals surface area contributed by atoms with Crippen molar-refractivity contribution in [3.05, 3.63) is 35.4 Å². The number of esters is 1. The average Bonchev–Trinajstić information content (AvgIpc) is 2.26. The van der Waals surface area contributed by atoms with Crippen molar-refractivity contribution >= 4 is 11.9 Å². The second-order valence-corrected chi connectivity index (χ2v) is 5.25. The first kappa shape index (κ1) is 15.2. The largest absolute Gasteiger partial charge is 0.480 e. The molecule has 0 fully saturated rings. The van der Waals surface area contributed by atoms with E-state index in [1.165, 1.54) is 0 Å². The fraction of sp³-hybridized carbons (Fsp3) is 0.429. The quantitative estimate of drug-likeness (QED) is 0.638. The topological polar surface area (TPSA) is 89.6 Å². The van der Waals surface area contributed by atoms with Gasteiger partial charge in [0.25, 0.3) is 0 Å². The Bertz CT molecular complexity index is 477. The van der Waals surface area contributed by atoms with Gasteiger partial charge in [0.1, 0.15) is 5.60 Å². The van der Waals surface area contributed by atoms with Crippen molar-refractivity contribution in [2.45, 2.75) is 38.8 Å². The van der Waals surface area contributed by atoms with Gasteiger partial charge in [-0.2, -0.15) is 0 Å². The van der Waals surface area contributed by atoms with Crippen LogP contribution >= 0.6 is 0 Å². The highest BCUT2D eigenvalue weighted by Crippen LogP contribution is 2.22. The van der Waals surface area contributed by atoms with Gasteiger partial charge in [-0.1, -0.05) is 24.3 Å². The van der Waals surface area contributed by atoms with Crippen LogP contribution in [0.25, 0.3) is 0 Å². The molecule has 0 aliphatic heterocycles. The number of aliphatic carboxylic acids is 1. The van der Waals surface area contributed by atoms with Crippen molar-refractivity contribution in [3.63, 3.8) is 0 Å². The van der Waals surface area contributed by atoms with E-state index in [4.69, 9.17) is 10.5 Å². The minimum Gasteiger partial charge on any atom is -0.480 e. The number of rotatable bonds is 4. The summed E-state index contributed by atoms with van der Waals surface area (Å²) >= 11 is 0. The Morgan fingerprint density at radius 2 is 2.00 bits per heavy atom. The molecule has 0 radical (unpaired) electrons. The molecule has 0 spiro atoms. The standard InChI is InChI=1S/C14H19NO4/c1-14(2,3)19-13(18)11(12(16)17)10-6-4-5-9(7-10)8-15/h4-7,11H,8,15H2,1-3H3,(H,16,17)/t11-/m1/s1. The lowest BCUT2D eigenvalue weighted by Gasteiger charge is -2.22.